The summed E-state index contributed by atoms with van der Waals surface area (Å²) in [5.41, 5.74) is 6.11. The number of carbonyl (C=O) groups is 1. The molecule has 2 aromatic heterocycles. The van der Waals surface area contributed by atoms with Gasteiger partial charge < -0.3 is 10.6 Å². The lowest BCUT2D eigenvalue weighted by Gasteiger charge is -2.30. The standard InChI is InChI=1S/C30H32N6O/c1-21-11-14-36(15-12-21)20-23-6-8-26(9-7-23)33-29(37)25-17-27(19-31-18-25)34-30-32-13-10-28(35-30)24-5-3-4-22(2)16-24/h3-10,13,16-19,21H,11-12,14-15,20H2,1-2H3,(H,33,37)(H,32,34,35). The average molecular weight is 493 g/mol. The van der Waals surface area contributed by atoms with E-state index in [-0.39, 0.29) is 5.91 Å². The van der Waals surface area contributed by atoms with E-state index >= 15 is 0 Å². The van der Waals surface area contributed by atoms with Crippen molar-refractivity contribution in [2.45, 2.75) is 33.2 Å². The molecule has 0 bridgehead atoms. The highest BCUT2D eigenvalue weighted by atomic mass is 16.1. The highest BCUT2D eigenvalue weighted by Crippen LogP contribution is 2.22. The molecule has 0 unspecified atom stereocenters. The Balaban J connectivity index is 1.21. The molecule has 3 heterocycles. The summed E-state index contributed by atoms with van der Waals surface area (Å²) < 4.78 is 0. The Hall–Kier alpha value is -4.10. The van der Waals surface area contributed by atoms with Gasteiger partial charge in [-0.05, 0) is 74.7 Å². The van der Waals surface area contributed by atoms with Gasteiger partial charge in [0.2, 0.25) is 5.95 Å². The van der Waals surface area contributed by atoms with Crippen molar-refractivity contribution in [3.8, 4) is 11.3 Å². The number of hydrogen-bond donors (Lipinski definition) is 2. The minimum Gasteiger partial charge on any atom is -0.323 e. The molecule has 0 atom stereocenters. The predicted octanol–water partition coefficient (Wildman–Crippen LogP) is 6.07. The first kappa shape index (κ1) is 24.6. The molecular weight excluding hydrogens is 460 g/mol. The van der Waals surface area contributed by atoms with Crippen LogP contribution in [0.25, 0.3) is 11.3 Å². The first-order chi connectivity index (χ1) is 18.0. The van der Waals surface area contributed by atoms with Crippen molar-refractivity contribution < 1.29 is 4.79 Å². The van der Waals surface area contributed by atoms with Crippen LogP contribution in [0.3, 0.4) is 0 Å². The van der Waals surface area contributed by atoms with Crippen molar-refractivity contribution in [2.75, 3.05) is 23.7 Å². The molecule has 0 aliphatic carbocycles. The Morgan fingerprint density at radius 1 is 1.00 bits per heavy atom. The minimum absolute atomic E-state index is 0.219. The summed E-state index contributed by atoms with van der Waals surface area (Å²) in [5.74, 6) is 1.05. The first-order valence-corrected chi connectivity index (χ1v) is 12.8. The number of hydrogen-bond acceptors (Lipinski definition) is 6. The number of pyridine rings is 1. The van der Waals surface area contributed by atoms with Crippen molar-refractivity contribution in [1.29, 1.82) is 0 Å². The van der Waals surface area contributed by atoms with Crippen molar-refractivity contribution in [1.82, 2.24) is 19.9 Å². The molecule has 37 heavy (non-hydrogen) atoms. The molecule has 2 N–H and O–H groups in total. The molecular formula is C30H32N6O. The molecule has 1 aliphatic rings. The Morgan fingerprint density at radius 2 is 1.81 bits per heavy atom. The van der Waals surface area contributed by atoms with E-state index in [1.807, 2.05) is 30.3 Å². The van der Waals surface area contributed by atoms with Gasteiger partial charge in [0, 0.05) is 30.2 Å². The van der Waals surface area contributed by atoms with Gasteiger partial charge in [0.1, 0.15) is 0 Å². The summed E-state index contributed by atoms with van der Waals surface area (Å²) in [6.45, 7) is 7.63. The van der Waals surface area contributed by atoms with Crippen molar-refractivity contribution in [3.05, 3.63) is 95.9 Å². The number of anilines is 3. The van der Waals surface area contributed by atoms with E-state index in [1.165, 1.54) is 24.0 Å². The van der Waals surface area contributed by atoms with Crippen LogP contribution < -0.4 is 10.6 Å². The number of nitrogens with zero attached hydrogens (tertiary/aromatic N) is 4. The Bertz CT molecular complexity index is 1360. The Kier molecular flexibility index (Phi) is 7.51. The molecule has 1 fully saturated rings. The number of likely N-dealkylation sites (tertiary alicyclic amines) is 1. The molecule has 7 nitrogen and oxygen atoms in total. The molecule has 188 valence electrons. The van der Waals surface area contributed by atoms with E-state index in [4.69, 9.17) is 0 Å². The molecule has 1 amide bonds. The van der Waals surface area contributed by atoms with Crippen LogP contribution in [0.2, 0.25) is 0 Å². The highest BCUT2D eigenvalue weighted by Gasteiger charge is 2.16. The van der Waals surface area contributed by atoms with Gasteiger partial charge in [0.05, 0.1) is 23.1 Å². The lowest BCUT2D eigenvalue weighted by molar-refractivity contribution is 0.102. The number of nitrogens with one attached hydrogen (secondary N) is 2. The van der Waals surface area contributed by atoms with E-state index in [9.17, 15) is 4.79 Å². The number of piperidine rings is 1. The number of amides is 1. The number of aryl methyl sites for hydroxylation is 1. The van der Waals surface area contributed by atoms with Gasteiger partial charge in [0.15, 0.2) is 0 Å². The van der Waals surface area contributed by atoms with E-state index < -0.39 is 0 Å². The second-order valence-electron chi connectivity index (χ2n) is 9.83. The largest absolute Gasteiger partial charge is 0.323 e. The average Bonchev–Trinajstić information content (AvgIpc) is 2.91. The normalized spacial score (nSPS) is 14.3. The number of aromatic nitrogens is 3. The maximum absolute atomic E-state index is 12.9. The fourth-order valence-corrected chi connectivity index (χ4v) is 4.52. The van der Waals surface area contributed by atoms with Gasteiger partial charge >= 0.3 is 0 Å². The number of carbonyl (C=O) groups excluding carboxylic acids is 1. The van der Waals surface area contributed by atoms with Gasteiger partial charge in [-0.2, -0.15) is 0 Å². The second-order valence-corrected chi connectivity index (χ2v) is 9.83. The van der Waals surface area contributed by atoms with Gasteiger partial charge in [-0.1, -0.05) is 42.8 Å². The third-order valence-electron chi connectivity index (χ3n) is 6.72. The molecule has 1 saturated heterocycles. The quantitative estimate of drug-likeness (QED) is 0.326. The van der Waals surface area contributed by atoms with Gasteiger partial charge in [-0.25, -0.2) is 9.97 Å². The topological polar surface area (TPSA) is 83.0 Å². The van der Waals surface area contributed by atoms with E-state index in [2.05, 4.69) is 68.6 Å². The first-order valence-electron chi connectivity index (χ1n) is 12.8. The zero-order valence-corrected chi connectivity index (χ0v) is 21.3. The summed E-state index contributed by atoms with van der Waals surface area (Å²) in [5, 5.41) is 6.14. The van der Waals surface area contributed by atoms with Crippen LogP contribution in [0.4, 0.5) is 17.3 Å². The SMILES string of the molecule is Cc1cccc(-c2ccnc(Nc3cncc(C(=O)Nc4ccc(CN5CCC(C)CC5)cc4)c3)n2)c1. The summed E-state index contributed by atoms with van der Waals surface area (Å²) in [6, 6.07) is 19.9. The van der Waals surface area contributed by atoms with Gasteiger partial charge in [-0.15, -0.1) is 0 Å². The fourth-order valence-electron chi connectivity index (χ4n) is 4.52. The van der Waals surface area contributed by atoms with Crippen LogP contribution in [0, 0.1) is 12.8 Å². The van der Waals surface area contributed by atoms with Crippen LogP contribution in [-0.2, 0) is 6.54 Å². The zero-order chi connectivity index (χ0) is 25.6. The minimum atomic E-state index is -0.219. The summed E-state index contributed by atoms with van der Waals surface area (Å²) >= 11 is 0. The van der Waals surface area contributed by atoms with Crippen molar-refractivity contribution in [2.24, 2.45) is 5.92 Å². The second kappa shape index (κ2) is 11.3. The van der Waals surface area contributed by atoms with Crippen molar-refractivity contribution in [3.63, 3.8) is 0 Å². The summed E-state index contributed by atoms with van der Waals surface area (Å²) in [7, 11) is 0. The molecule has 1 aliphatic heterocycles. The zero-order valence-electron chi connectivity index (χ0n) is 21.3. The van der Waals surface area contributed by atoms with Gasteiger partial charge in [-0.3, -0.25) is 14.7 Å². The molecule has 7 heteroatoms. The van der Waals surface area contributed by atoms with Crippen LogP contribution in [-0.4, -0.2) is 38.8 Å². The lowest BCUT2D eigenvalue weighted by atomic mass is 9.99. The maximum atomic E-state index is 12.9. The smallest absolute Gasteiger partial charge is 0.257 e. The van der Waals surface area contributed by atoms with Crippen LogP contribution in [0.15, 0.2) is 79.3 Å². The molecule has 0 radical (unpaired) electrons. The third kappa shape index (κ3) is 6.57. The van der Waals surface area contributed by atoms with Crippen LogP contribution in [0.5, 0.6) is 0 Å². The van der Waals surface area contributed by atoms with E-state index in [1.54, 1.807) is 24.7 Å². The van der Waals surface area contributed by atoms with Crippen LogP contribution in [0.1, 0.15) is 41.3 Å². The molecule has 0 spiro atoms. The number of benzene rings is 2. The lowest BCUT2D eigenvalue weighted by Crippen LogP contribution is -2.32. The monoisotopic (exact) mass is 492 g/mol. The highest BCUT2D eigenvalue weighted by molar-refractivity contribution is 6.04. The Labute approximate surface area is 218 Å². The Morgan fingerprint density at radius 3 is 2.59 bits per heavy atom. The predicted molar refractivity (Wildman–Crippen MR) is 148 cm³/mol. The van der Waals surface area contributed by atoms with E-state index in [0.717, 1.165) is 42.5 Å². The number of rotatable bonds is 7. The molecule has 2 aromatic carbocycles. The summed E-state index contributed by atoms with van der Waals surface area (Å²) in [6.07, 6.45) is 7.44. The molecule has 4 aromatic rings. The fraction of sp³-hybridized carbons (Fsp3) is 0.267. The van der Waals surface area contributed by atoms with Crippen LogP contribution >= 0.6 is 0 Å². The molecule has 5 rings (SSSR count). The summed E-state index contributed by atoms with van der Waals surface area (Å²) in [4.78, 5) is 28.6. The molecule has 0 saturated carbocycles. The van der Waals surface area contributed by atoms with Gasteiger partial charge in [0.25, 0.3) is 5.91 Å². The van der Waals surface area contributed by atoms with E-state index in [0.29, 0.717) is 17.2 Å². The maximum Gasteiger partial charge on any atom is 0.257 e. The van der Waals surface area contributed by atoms with Crippen molar-refractivity contribution >= 4 is 23.2 Å². The third-order valence-corrected chi connectivity index (χ3v) is 6.72.